The zero-order valence-electron chi connectivity index (χ0n) is 19.6. The summed E-state index contributed by atoms with van der Waals surface area (Å²) < 4.78 is 40.3. The number of nitrogens with zero attached hydrogens (tertiary/aromatic N) is 7. The topological polar surface area (TPSA) is 117 Å². The maximum absolute atomic E-state index is 14.6. The van der Waals surface area contributed by atoms with Crippen molar-refractivity contribution in [2.75, 3.05) is 35.7 Å². The summed E-state index contributed by atoms with van der Waals surface area (Å²) in [6, 6.07) is 4.90. The summed E-state index contributed by atoms with van der Waals surface area (Å²) in [6.45, 7) is 3.93. The Balaban J connectivity index is 1.34. The molecule has 0 spiro atoms. The highest BCUT2D eigenvalue weighted by molar-refractivity contribution is 7.88. The predicted octanol–water partition coefficient (Wildman–Crippen LogP) is 2.11. The van der Waals surface area contributed by atoms with Crippen LogP contribution in [0.5, 0.6) is 0 Å². The van der Waals surface area contributed by atoms with Crippen molar-refractivity contribution < 1.29 is 12.8 Å². The number of fused-ring (bicyclic) bond motifs is 1. The molecule has 12 heteroatoms. The van der Waals surface area contributed by atoms with E-state index in [-0.39, 0.29) is 12.1 Å². The molecular weight excluding hydrogens is 471 g/mol. The Kier molecular flexibility index (Phi) is 6.32. The molecule has 3 aromatic rings. The van der Waals surface area contributed by atoms with Gasteiger partial charge in [-0.1, -0.05) is 0 Å². The monoisotopic (exact) mass is 498 g/mol. The second-order valence-electron chi connectivity index (χ2n) is 8.95. The van der Waals surface area contributed by atoms with E-state index in [1.54, 1.807) is 24.7 Å². The number of rotatable bonds is 5. The van der Waals surface area contributed by atoms with Crippen molar-refractivity contribution in [1.82, 2.24) is 29.6 Å². The number of hydrogen-bond donors (Lipinski definition) is 1. The van der Waals surface area contributed by atoms with Crippen LogP contribution in [0.2, 0.25) is 0 Å². The van der Waals surface area contributed by atoms with Gasteiger partial charge in [-0.05, 0) is 25.8 Å². The molecule has 5 rings (SSSR count). The lowest BCUT2D eigenvalue weighted by Crippen LogP contribution is -2.44. The first-order chi connectivity index (χ1) is 16.8. The van der Waals surface area contributed by atoms with Gasteiger partial charge in [0.1, 0.15) is 5.82 Å². The van der Waals surface area contributed by atoms with Crippen molar-refractivity contribution in [3.05, 3.63) is 54.0 Å². The van der Waals surface area contributed by atoms with Gasteiger partial charge in [0.2, 0.25) is 16.0 Å². The molecule has 1 saturated heterocycles. The van der Waals surface area contributed by atoms with Crippen LogP contribution >= 0.6 is 0 Å². The Hall–Kier alpha value is -3.25. The van der Waals surface area contributed by atoms with Crippen LogP contribution in [0, 0.1) is 5.95 Å². The van der Waals surface area contributed by atoms with E-state index in [1.807, 2.05) is 13.0 Å². The van der Waals surface area contributed by atoms with E-state index in [1.165, 1.54) is 12.3 Å². The maximum atomic E-state index is 14.6. The van der Waals surface area contributed by atoms with Crippen molar-refractivity contribution in [1.29, 1.82) is 0 Å². The van der Waals surface area contributed by atoms with E-state index < -0.39 is 16.0 Å². The summed E-state index contributed by atoms with van der Waals surface area (Å²) in [4.78, 5) is 25.9. The molecule has 0 aromatic carbocycles. The first kappa shape index (κ1) is 23.5. The number of piperidine rings is 1. The SMILES string of the molecule is CC1c2cnc(-c3ncccn3)nc2CCN1c1cc(N2CCC(NS(C)(=O)=O)CC2)cc(F)n1. The van der Waals surface area contributed by atoms with E-state index in [4.69, 9.17) is 0 Å². The molecule has 1 N–H and O–H groups in total. The fourth-order valence-electron chi connectivity index (χ4n) is 4.76. The molecule has 3 aromatic heterocycles. The summed E-state index contributed by atoms with van der Waals surface area (Å²) >= 11 is 0. The molecule has 0 aliphatic carbocycles. The summed E-state index contributed by atoms with van der Waals surface area (Å²) in [5.74, 6) is 0.993. The van der Waals surface area contributed by atoms with Crippen LogP contribution in [0.4, 0.5) is 15.9 Å². The van der Waals surface area contributed by atoms with Gasteiger partial charge in [0.25, 0.3) is 0 Å². The molecule has 0 bridgehead atoms. The smallest absolute Gasteiger partial charge is 0.216 e. The minimum atomic E-state index is -3.25. The highest BCUT2D eigenvalue weighted by atomic mass is 32.2. The van der Waals surface area contributed by atoms with Crippen LogP contribution in [0.25, 0.3) is 11.6 Å². The zero-order chi connectivity index (χ0) is 24.6. The molecular formula is C23H27FN8O2S. The number of sulfonamides is 1. The lowest BCUT2D eigenvalue weighted by molar-refractivity contribution is 0.461. The van der Waals surface area contributed by atoms with Crippen molar-refractivity contribution in [2.24, 2.45) is 0 Å². The maximum Gasteiger partial charge on any atom is 0.216 e. The zero-order valence-corrected chi connectivity index (χ0v) is 20.4. The summed E-state index contributed by atoms with van der Waals surface area (Å²) in [5, 5.41) is 0. The summed E-state index contributed by atoms with van der Waals surface area (Å²) in [7, 11) is -3.25. The fraction of sp³-hybridized carbons (Fsp3) is 0.435. The third kappa shape index (κ3) is 5.22. The molecule has 1 unspecified atom stereocenters. The van der Waals surface area contributed by atoms with Gasteiger partial charge in [-0.25, -0.2) is 38.1 Å². The Morgan fingerprint density at radius 1 is 1.03 bits per heavy atom. The first-order valence-corrected chi connectivity index (χ1v) is 13.5. The van der Waals surface area contributed by atoms with E-state index in [0.717, 1.165) is 16.9 Å². The predicted molar refractivity (Wildman–Crippen MR) is 130 cm³/mol. The number of nitrogens with one attached hydrogen (secondary N) is 1. The van der Waals surface area contributed by atoms with Gasteiger partial charge in [0, 0.05) is 74.1 Å². The average molecular weight is 499 g/mol. The standard InChI is InChI=1S/C23H27FN8O2S/c1-15-18-14-27-23(22-25-7-3-8-26-22)28-19(18)6-11-32(15)21-13-17(12-20(24)29-21)31-9-4-16(5-10-31)30-35(2,33)34/h3,7-8,12-16,30H,4-6,9-11H2,1-2H3. The molecule has 35 heavy (non-hydrogen) atoms. The minimum Gasteiger partial charge on any atom is -0.371 e. The third-order valence-corrected chi connectivity index (χ3v) is 7.23. The molecule has 0 saturated carbocycles. The molecule has 184 valence electrons. The summed E-state index contributed by atoms with van der Waals surface area (Å²) in [5.41, 5.74) is 2.65. The molecule has 0 amide bonds. The molecule has 5 heterocycles. The number of halogens is 1. The van der Waals surface area contributed by atoms with Gasteiger partial charge in [0.15, 0.2) is 11.6 Å². The number of pyridine rings is 1. The van der Waals surface area contributed by atoms with Gasteiger partial charge in [0.05, 0.1) is 18.0 Å². The van der Waals surface area contributed by atoms with Crippen molar-refractivity contribution in [3.63, 3.8) is 0 Å². The third-order valence-electron chi connectivity index (χ3n) is 6.47. The first-order valence-electron chi connectivity index (χ1n) is 11.6. The Morgan fingerprint density at radius 2 is 1.77 bits per heavy atom. The Labute approximate surface area is 203 Å². The highest BCUT2D eigenvalue weighted by Gasteiger charge is 2.29. The molecule has 0 radical (unpaired) electrons. The summed E-state index contributed by atoms with van der Waals surface area (Å²) in [6.07, 6.45) is 8.27. The lowest BCUT2D eigenvalue weighted by atomic mass is 9.99. The Morgan fingerprint density at radius 3 is 2.49 bits per heavy atom. The molecule has 1 fully saturated rings. The van der Waals surface area contributed by atoms with Gasteiger partial charge < -0.3 is 9.80 Å². The molecule has 2 aliphatic heterocycles. The van der Waals surface area contributed by atoms with Crippen molar-refractivity contribution in [2.45, 2.75) is 38.3 Å². The van der Waals surface area contributed by atoms with E-state index in [2.05, 4.69) is 39.4 Å². The van der Waals surface area contributed by atoms with Crippen molar-refractivity contribution in [3.8, 4) is 11.6 Å². The minimum absolute atomic E-state index is 0.0867. The van der Waals surface area contributed by atoms with Crippen LogP contribution < -0.4 is 14.5 Å². The van der Waals surface area contributed by atoms with Crippen molar-refractivity contribution >= 4 is 21.5 Å². The van der Waals surface area contributed by atoms with Crippen LogP contribution in [0.1, 0.15) is 37.1 Å². The second kappa shape index (κ2) is 9.42. The average Bonchev–Trinajstić information content (AvgIpc) is 2.84. The number of anilines is 2. The number of aromatic nitrogens is 5. The molecule has 1 atom stereocenters. The lowest BCUT2D eigenvalue weighted by Gasteiger charge is -2.37. The van der Waals surface area contributed by atoms with Gasteiger partial charge in [-0.15, -0.1) is 0 Å². The Bertz CT molecular complexity index is 1320. The van der Waals surface area contributed by atoms with Crippen LogP contribution in [-0.4, -0.2) is 65.3 Å². The van der Waals surface area contributed by atoms with Crippen LogP contribution in [0.3, 0.4) is 0 Å². The molecule has 10 nitrogen and oxygen atoms in total. The number of hydrogen-bond acceptors (Lipinski definition) is 9. The fourth-order valence-corrected chi connectivity index (χ4v) is 5.60. The van der Waals surface area contributed by atoms with E-state index in [9.17, 15) is 12.8 Å². The molecule has 2 aliphatic rings. The van der Waals surface area contributed by atoms with Gasteiger partial charge >= 0.3 is 0 Å². The van der Waals surface area contributed by atoms with Gasteiger partial charge in [-0.2, -0.15) is 4.39 Å². The van der Waals surface area contributed by atoms with Gasteiger partial charge in [-0.3, -0.25) is 0 Å². The quantitative estimate of drug-likeness (QED) is 0.528. The highest BCUT2D eigenvalue weighted by Crippen LogP contribution is 2.34. The largest absolute Gasteiger partial charge is 0.371 e. The van der Waals surface area contributed by atoms with Crippen LogP contribution in [0.15, 0.2) is 36.8 Å². The van der Waals surface area contributed by atoms with E-state index >= 15 is 0 Å². The normalized spacial score (nSPS) is 19.0. The second-order valence-corrected chi connectivity index (χ2v) is 10.7. The van der Waals surface area contributed by atoms with Crippen LogP contribution in [-0.2, 0) is 16.4 Å². The van der Waals surface area contributed by atoms with E-state index in [0.29, 0.717) is 56.4 Å².